The Bertz CT molecular complexity index is 365. The fourth-order valence-corrected chi connectivity index (χ4v) is 1.66. The maximum atomic E-state index is 12.4. The summed E-state index contributed by atoms with van der Waals surface area (Å²) in [6.45, 7) is -0.414. The third-order valence-electron chi connectivity index (χ3n) is 2.64. The molecule has 0 spiro atoms. The predicted octanol–water partition coefficient (Wildman–Crippen LogP) is 2.63. The Morgan fingerprint density at radius 1 is 1.21 bits per heavy atom. The molecule has 1 fully saturated rings. The summed E-state index contributed by atoms with van der Waals surface area (Å²) < 4.78 is 74.4. The van der Waals surface area contributed by atoms with E-state index in [0.717, 1.165) is 0 Å². The van der Waals surface area contributed by atoms with Gasteiger partial charge in [-0.3, -0.25) is 4.79 Å². The van der Waals surface area contributed by atoms with Gasteiger partial charge in [-0.2, -0.15) is 31.6 Å². The van der Waals surface area contributed by atoms with E-state index in [9.17, 15) is 31.1 Å². The third kappa shape index (κ3) is 4.01. The Hall–Kier alpha value is -1.46. The summed E-state index contributed by atoms with van der Waals surface area (Å²) in [5.41, 5.74) is 0. The molecule has 1 rings (SSSR count). The normalized spacial score (nSPS) is 16.3. The molecular weight excluding hydrogens is 278 g/mol. The summed E-state index contributed by atoms with van der Waals surface area (Å²) in [6, 6.07) is 0.978. The molecule has 1 aliphatic rings. The molecular formula is C10H10F6N2O. The molecule has 0 aliphatic heterocycles. The zero-order valence-corrected chi connectivity index (χ0v) is 9.55. The maximum absolute atomic E-state index is 12.4. The maximum Gasteiger partial charge on any atom is 0.409 e. The molecule has 1 amide bonds. The average molecular weight is 288 g/mol. The van der Waals surface area contributed by atoms with Crippen LogP contribution in [-0.2, 0) is 4.79 Å². The molecule has 19 heavy (non-hydrogen) atoms. The van der Waals surface area contributed by atoms with Crippen molar-refractivity contribution >= 4 is 5.91 Å². The van der Waals surface area contributed by atoms with Crippen molar-refractivity contribution in [2.45, 2.75) is 37.7 Å². The lowest BCUT2D eigenvalue weighted by molar-refractivity contribution is -0.277. The van der Waals surface area contributed by atoms with Crippen LogP contribution in [0.1, 0.15) is 19.3 Å². The minimum Gasteiger partial charge on any atom is -0.338 e. The number of hydrogen-bond donors (Lipinski definition) is 0. The smallest absolute Gasteiger partial charge is 0.338 e. The van der Waals surface area contributed by atoms with Crippen LogP contribution in [0.4, 0.5) is 26.3 Å². The van der Waals surface area contributed by atoms with E-state index in [1.165, 1.54) is 0 Å². The zero-order valence-electron chi connectivity index (χ0n) is 9.55. The van der Waals surface area contributed by atoms with Gasteiger partial charge in [-0.05, 0) is 12.8 Å². The average Bonchev–Trinajstić information content (AvgIpc) is 2.97. The van der Waals surface area contributed by atoms with Gasteiger partial charge in [0.05, 0.1) is 12.5 Å². The van der Waals surface area contributed by atoms with Gasteiger partial charge in [0.25, 0.3) is 0 Å². The van der Waals surface area contributed by atoms with Gasteiger partial charge >= 0.3 is 12.4 Å². The Balaban J connectivity index is 2.94. The van der Waals surface area contributed by atoms with Crippen LogP contribution in [0.3, 0.4) is 0 Å². The number of rotatable bonds is 4. The van der Waals surface area contributed by atoms with Crippen molar-refractivity contribution in [3.63, 3.8) is 0 Å². The molecule has 0 bridgehead atoms. The van der Waals surface area contributed by atoms with Gasteiger partial charge < -0.3 is 4.90 Å². The fraction of sp³-hybridized carbons (Fsp3) is 0.800. The fourth-order valence-electron chi connectivity index (χ4n) is 1.66. The van der Waals surface area contributed by atoms with Gasteiger partial charge in [0.2, 0.25) is 11.8 Å². The first kappa shape index (κ1) is 15.6. The highest BCUT2D eigenvalue weighted by Crippen LogP contribution is 2.42. The Labute approximate surface area is 104 Å². The number of nitrogens with zero attached hydrogens (tertiary/aromatic N) is 2. The molecule has 108 valence electrons. The number of halogens is 6. The summed E-state index contributed by atoms with van der Waals surface area (Å²) in [6.07, 6.45) is -11.0. The number of alkyl halides is 6. The first-order chi connectivity index (χ1) is 8.59. The quantitative estimate of drug-likeness (QED) is 0.746. The highest BCUT2D eigenvalue weighted by atomic mass is 19.4. The summed E-state index contributed by atoms with van der Waals surface area (Å²) >= 11 is 0. The Morgan fingerprint density at radius 3 is 2.00 bits per heavy atom. The Kier molecular flexibility index (Phi) is 4.32. The predicted molar refractivity (Wildman–Crippen MR) is 50.6 cm³/mol. The summed E-state index contributed by atoms with van der Waals surface area (Å²) in [5, 5.41) is 8.33. The molecule has 0 saturated heterocycles. The molecule has 0 atom stereocenters. The van der Waals surface area contributed by atoms with Crippen molar-refractivity contribution in [1.82, 2.24) is 4.90 Å². The van der Waals surface area contributed by atoms with E-state index in [1.807, 2.05) is 0 Å². The van der Waals surface area contributed by atoms with Crippen LogP contribution >= 0.6 is 0 Å². The van der Waals surface area contributed by atoms with Gasteiger partial charge in [-0.15, -0.1) is 0 Å². The number of carbonyl (C=O) groups excluding carboxylic acids is 1. The molecule has 0 radical (unpaired) electrons. The molecule has 0 heterocycles. The highest BCUT2D eigenvalue weighted by molar-refractivity contribution is 5.81. The number of nitriles is 1. The van der Waals surface area contributed by atoms with Crippen LogP contribution in [0.5, 0.6) is 0 Å². The van der Waals surface area contributed by atoms with Crippen molar-refractivity contribution in [1.29, 1.82) is 5.26 Å². The second-order valence-electron chi connectivity index (χ2n) is 4.19. The third-order valence-corrected chi connectivity index (χ3v) is 2.64. The van der Waals surface area contributed by atoms with Crippen LogP contribution in [0, 0.1) is 17.2 Å². The molecule has 3 nitrogen and oxygen atoms in total. The van der Waals surface area contributed by atoms with Crippen molar-refractivity contribution in [2.75, 3.05) is 6.54 Å². The molecule has 0 aromatic carbocycles. The van der Waals surface area contributed by atoms with Crippen LogP contribution in [-0.4, -0.2) is 35.7 Å². The molecule has 0 N–H and O–H groups in total. The SMILES string of the molecule is N#CCCN(C(=O)C(C(F)(F)F)C(F)(F)F)C1CC1. The van der Waals surface area contributed by atoms with Crippen molar-refractivity contribution in [3.8, 4) is 6.07 Å². The van der Waals surface area contributed by atoms with E-state index in [2.05, 4.69) is 0 Å². The van der Waals surface area contributed by atoms with E-state index >= 15 is 0 Å². The van der Waals surface area contributed by atoms with Gasteiger partial charge in [0.1, 0.15) is 0 Å². The Morgan fingerprint density at radius 2 is 1.68 bits per heavy atom. The molecule has 0 unspecified atom stereocenters. The van der Waals surface area contributed by atoms with E-state index in [4.69, 9.17) is 5.26 Å². The molecule has 9 heteroatoms. The van der Waals surface area contributed by atoms with Gasteiger partial charge in [-0.25, -0.2) is 0 Å². The van der Waals surface area contributed by atoms with E-state index < -0.39 is 36.8 Å². The second-order valence-corrected chi connectivity index (χ2v) is 4.19. The first-order valence-corrected chi connectivity index (χ1v) is 5.40. The molecule has 1 saturated carbocycles. The van der Waals surface area contributed by atoms with Crippen LogP contribution < -0.4 is 0 Å². The number of carbonyl (C=O) groups is 1. The highest BCUT2D eigenvalue weighted by Gasteiger charge is 2.62. The largest absolute Gasteiger partial charge is 0.409 e. The first-order valence-electron chi connectivity index (χ1n) is 5.40. The van der Waals surface area contributed by atoms with Gasteiger partial charge in [0.15, 0.2) is 0 Å². The summed E-state index contributed by atoms with van der Waals surface area (Å²) in [7, 11) is 0. The topological polar surface area (TPSA) is 44.1 Å². The van der Waals surface area contributed by atoms with Gasteiger partial charge in [0, 0.05) is 12.6 Å². The summed E-state index contributed by atoms with van der Waals surface area (Å²) in [5.74, 6) is -6.03. The lowest BCUT2D eigenvalue weighted by Gasteiger charge is -2.29. The standard InChI is InChI=1S/C10H10F6N2O/c11-9(12,13)7(10(14,15)16)8(19)18(5-1-4-17)6-2-3-6/h6-7H,1-3,5H2. The zero-order chi connectivity index (χ0) is 14.8. The summed E-state index contributed by atoms with van der Waals surface area (Å²) in [4.78, 5) is 12.0. The monoisotopic (exact) mass is 288 g/mol. The second kappa shape index (κ2) is 5.27. The minimum absolute atomic E-state index is 0.301. The lowest BCUT2D eigenvalue weighted by Crippen LogP contribution is -2.50. The van der Waals surface area contributed by atoms with Crippen LogP contribution in [0.2, 0.25) is 0 Å². The lowest BCUT2D eigenvalue weighted by atomic mass is 10.1. The van der Waals surface area contributed by atoms with Crippen molar-refractivity contribution < 1.29 is 31.1 Å². The molecule has 0 aromatic rings. The van der Waals surface area contributed by atoms with E-state index in [1.54, 1.807) is 6.07 Å². The number of hydrogen-bond acceptors (Lipinski definition) is 2. The molecule has 0 aromatic heterocycles. The minimum atomic E-state index is -5.69. The van der Waals surface area contributed by atoms with E-state index in [-0.39, 0.29) is 6.42 Å². The van der Waals surface area contributed by atoms with Crippen molar-refractivity contribution in [2.24, 2.45) is 5.92 Å². The van der Waals surface area contributed by atoms with Gasteiger partial charge in [-0.1, -0.05) is 0 Å². The van der Waals surface area contributed by atoms with Crippen LogP contribution in [0.25, 0.3) is 0 Å². The molecule has 1 aliphatic carbocycles. The van der Waals surface area contributed by atoms with E-state index in [0.29, 0.717) is 17.7 Å². The van der Waals surface area contributed by atoms with Crippen molar-refractivity contribution in [3.05, 3.63) is 0 Å². The van der Waals surface area contributed by atoms with Crippen LogP contribution in [0.15, 0.2) is 0 Å². The number of amides is 1.